The van der Waals surface area contributed by atoms with Gasteiger partial charge in [-0.2, -0.15) is 5.01 Å². The number of imide groups is 1. The standard InChI is InChI=1S/C18H15ClN2O3/c19-9-3-1-2-8(6-9)16(22)20-21-17(23)14-10-4-5-11(13-7-12(10)13)15(14)18(21)24/h1-6,10-15H,7H2,(H,20,22)/t10-,11-,12-,13-,14-,15+/m0/s1. The molecular weight excluding hydrogens is 328 g/mol. The summed E-state index contributed by atoms with van der Waals surface area (Å²) in [5, 5.41) is 1.37. The van der Waals surface area contributed by atoms with E-state index in [2.05, 4.69) is 17.6 Å². The van der Waals surface area contributed by atoms with Gasteiger partial charge in [-0.1, -0.05) is 29.8 Å². The molecule has 6 heteroatoms. The zero-order valence-electron chi connectivity index (χ0n) is 12.7. The Bertz CT molecular complexity index is 784. The average molecular weight is 343 g/mol. The second-order valence-electron chi connectivity index (χ2n) is 7.12. The summed E-state index contributed by atoms with van der Waals surface area (Å²) in [6.07, 6.45) is 5.33. The summed E-state index contributed by atoms with van der Waals surface area (Å²) in [7, 11) is 0. The Labute approximate surface area is 143 Å². The molecule has 1 heterocycles. The fourth-order valence-corrected chi connectivity index (χ4v) is 5.05. The molecule has 6 rings (SSSR count). The molecule has 1 aromatic carbocycles. The van der Waals surface area contributed by atoms with E-state index in [1.54, 1.807) is 18.2 Å². The van der Waals surface area contributed by atoms with Gasteiger partial charge in [0.25, 0.3) is 17.7 Å². The first kappa shape index (κ1) is 14.2. The number of halogens is 1. The maximum Gasteiger partial charge on any atom is 0.270 e. The second-order valence-corrected chi connectivity index (χ2v) is 7.55. The van der Waals surface area contributed by atoms with E-state index < -0.39 is 5.91 Å². The van der Waals surface area contributed by atoms with Crippen LogP contribution in [0.25, 0.3) is 0 Å². The van der Waals surface area contributed by atoms with Gasteiger partial charge in [0, 0.05) is 10.6 Å². The first-order valence-corrected chi connectivity index (χ1v) is 8.57. The van der Waals surface area contributed by atoms with Crippen LogP contribution in [-0.4, -0.2) is 22.7 Å². The molecule has 6 atom stereocenters. The summed E-state index contributed by atoms with van der Waals surface area (Å²) in [5.41, 5.74) is 2.81. The highest BCUT2D eigenvalue weighted by atomic mass is 35.5. The Hall–Kier alpha value is -2.14. The molecule has 0 spiro atoms. The zero-order valence-corrected chi connectivity index (χ0v) is 13.4. The highest BCUT2D eigenvalue weighted by Gasteiger charge is 2.67. The third-order valence-corrected chi connectivity index (χ3v) is 6.20. The van der Waals surface area contributed by atoms with Crippen LogP contribution >= 0.6 is 11.6 Å². The van der Waals surface area contributed by atoms with E-state index >= 15 is 0 Å². The Balaban J connectivity index is 1.41. The lowest BCUT2D eigenvalue weighted by Crippen LogP contribution is -2.46. The van der Waals surface area contributed by atoms with Crippen molar-refractivity contribution in [2.75, 3.05) is 0 Å². The molecule has 0 unspecified atom stereocenters. The molecule has 4 aliphatic carbocycles. The summed E-state index contributed by atoms with van der Waals surface area (Å²) < 4.78 is 0. The number of benzene rings is 1. The van der Waals surface area contributed by atoms with Gasteiger partial charge in [-0.05, 0) is 48.3 Å². The Morgan fingerprint density at radius 1 is 1.08 bits per heavy atom. The minimum atomic E-state index is -0.497. The number of carbonyl (C=O) groups excluding carboxylic acids is 3. The summed E-state index contributed by atoms with van der Waals surface area (Å²) in [6, 6.07) is 6.42. The number of nitrogens with zero attached hydrogens (tertiary/aromatic N) is 1. The van der Waals surface area contributed by atoms with Crippen LogP contribution in [0.4, 0.5) is 0 Å². The molecule has 2 bridgehead atoms. The van der Waals surface area contributed by atoms with Crippen LogP contribution in [0.5, 0.6) is 0 Å². The van der Waals surface area contributed by atoms with Gasteiger partial charge in [-0.15, -0.1) is 0 Å². The molecular formula is C18H15ClN2O3. The van der Waals surface area contributed by atoms with E-state index in [9.17, 15) is 14.4 Å². The quantitative estimate of drug-likeness (QED) is 0.660. The minimum Gasteiger partial charge on any atom is -0.272 e. The Morgan fingerprint density at radius 2 is 1.71 bits per heavy atom. The fraction of sp³-hybridized carbons (Fsp3) is 0.389. The van der Waals surface area contributed by atoms with Gasteiger partial charge in [0.1, 0.15) is 0 Å². The number of allylic oxidation sites excluding steroid dienone is 2. The first-order chi connectivity index (χ1) is 11.6. The molecule has 1 saturated heterocycles. The lowest BCUT2D eigenvalue weighted by atomic mass is 9.63. The summed E-state index contributed by atoms with van der Waals surface area (Å²) in [4.78, 5) is 37.9. The van der Waals surface area contributed by atoms with Crippen LogP contribution in [0.2, 0.25) is 5.02 Å². The van der Waals surface area contributed by atoms with Gasteiger partial charge in [0.05, 0.1) is 11.8 Å². The molecule has 0 aromatic heterocycles. The normalized spacial score (nSPS) is 38.1. The van der Waals surface area contributed by atoms with Gasteiger partial charge in [-0.3, -0.25) is 19.8 Å². The van der Waals surface area contributed by atoms with Crippen LogP contribution in [0.1, 0.15) is 16.8 Å². The topological polar surface area (TPSA) is 66.5 Å². The first-order valence-electron chi connectivity index (χ1n) is 8.19. The maximum absolute atomic E-state index is 12.8. The van der Waals surface area contributed by atoms with E-state index in [0.29, 0.717) is 22.4 Å². The summed E-state index contributed by atoms with van der Waals surface area (Å²) in [5.74, 6) is -0.280. The molecule has 5 nitrogen and oxygen atoms in total. The number of hydrazine groups is 1. The molecule has 122 valence electrons. The monoisotopic (exact) mass is 342 g/mol. The highest BCUT2D eigenvalue weighted by molar-refractivity contribution is 6.31. The number of carbonyl (C=O) groups is 3. The number of nitrogens with one attached hydrogen (secondary N) is 1. The van der Waals surface area contributed by atoms with Gasteiger partial charge in [-0.25, -0.2) is 0 Å². The summed E-state index contributed by atoms with van der Waals surface area (Å²) in [6.45, 7) is 0. The van der Waals surface area contributed by atoms with Gasteiger partial charge in [0.2, 0.25) is 0 Å². The van der Waals surface area contributed by atoms with E-state index in [1.165, 1.54) is 6.07 Å². The van der Waals surface area contributed by atoms with E-state index in [4.69, 9.17) is 11.6 Å². The van der Waals surface area contributed by atoms with Crippen molar-refractivity contribution in [3.8, 4) is 0 Å². The SMILES string of the molecule is O=C(NN1C(=O)[C@@H]2[C@H]3C=C[C@@H]([C@@H]4C[C@@H]34)[C@@H]2C1=O)c1cccc(Cl)c1. The van der Waals surface area contributed by atoms with Crippen molar-refractivity contribution in [1.82, 2.24) is 10.4 Å². The Morgan fingerprint density at radius 3 is 2.29 bits per heavy atom. The third-order valence-electron chi connectivity index (χ3n) is 5.96. The molecule has 1 aliphatic heterocycles. The van der Waals surface area contributed by atoms with Crippen LogP contribution in [0.3, 0.4) is 0 Å². The molecule has 0 radical (unpaired) electrons. The Kier molecular flexibility index (Phi) is 2.78. The van der Waals surface area contributed by atoms with Gasteiger partial charge in [0.15, 0.2) is 0 Å². The highest BCUT2D eigenvalue weighted by Crippen LogP contribution is 2.65. The van der Waals surface area contributed by atoms with E-state index in [1.807, 2.05) is 0 Å². The average Bonchev–Trinajstić information content (AvgIpc) is 3.36. The molecule has 1 N–H and O–H groups in total. The van der Waals surface area contributed by atoms with Crippen LogP contribution < -0.4 is 5.43 Å². The number of hydrogen-bond donors (Lipinski definition) is 1. The van der Waals surface area contributed by atoms with Crippen molar-refractivity contribution < 1.29 is 14.4 Å². The molecule has 24 heavy (non-hydrogen) atoms. The van der Waals surface area contributed by atoms with Crippen molar-refractivity contribution in [1.29, 1.82) is 0 Å². The van der Waals surface area contributed by atoms with Crippen molar-refractivity contribution in [2.45, 2.75) is 6.42 Å². The zero-order chi connectivity index (χ0) is 16.6. The molecule has 5 aliphatic rings. The summed E-state index contributed by atoms with van der Waals surface area (Å²) >= 11 is 5.89. The van der Waals surface area contributed by atoms with Crippen LogP contribution in [-0.2, 0) is 9.59 Å². The van der Waals surface area contributed by atoms with Crippen molar-refractivity contribution in [3.63, 3.8) is 0 Å². The van der Waals surface area contributed by atoms with Crippen molar-refractivity contribution >= 4 is 29.3 Å². The molecule has 3 amide bonds. The molecule has 2 saturated carbocycles. The number of amides is 3. The van der Waals surface area contributed by atoms with Crippen molar-refractivity contribution in [2.24, 2.45) is 35.5 Å². The smallest absolute Gasteiger partial charge is 0.270 e. The van der Waals surface area contributed by atoms with Gasteiger partial charge >= 0.3 is 0 Å². The lowest BCUT2D eigenvalue weighted by Gasteiger charge is -2.37. The van der Waals surface area contributed by atoms with E-state index in [-0.39, 0.29) is 35.5 Å². The maximum atomic E-state index is 12.8. The van der Waals surface area contributed by atoms with Gasteiger partial charge < -0.3 is 0 Å². The minimum absolute atomic E-state index is 0.148. The molecule has 1 aromatic rings. The lowest BCUT2D eigenvalue weighted by molar-refractivity contribution is -0.143. The predicted octanol–water partition coefficient (Wildman–Crippen LogP) is 2.04. The van der Waals surface area contributed by atoms with Crippen molar-refractivity contribution in [3.05, 3.63) is 47.0 Å². The predicted molar refractivity (Wildman–Crippen MR) is 85.5 cm³/mol. The fourth-order valence-electron chi connectivity index (χ4n) is 4.86. The third kappa shape index (κ3) is 1.79. The second kappa shape index (κ2) is 4.70. The van der Waals surface area contributed by atoms with Crippen LogP contribution in [0.15, 0.2) is 36.4 Å². The van der Waals surface area contributed by atoms with Crippen LogP contribution in [0, 0.1) is 35.5 Å². The number of hydrogen-bond acceptors (Lipinski definition) is 3. The largest absolute Gasteiger partial charge is 0.272 e. The number of rotatable bonds is 2. The molecule has 3 fully saturated rings. The van der Waals surface area contributed by atoms with E-state index in [0.717, 1.165) is 11.4 Å².